The van der Waals surface area contributed by atoms with Gasteiger partial charge in [0.15, 0.2) is 0 Å². The molecule has 0 aromatic carbocycles. The lowest BCUT2D eigenvalue weighted by atomic mass is 10.4. The zero-order chi connectivity index (χ0) is 8.20. The summed E-state index contributed by atoms with van der Waals surface area (Å²) in [5, 5.41) is 3.00. The molecule has 0 atom stereocenters. The van der Waals surface area contributed by atoms with E-state index in [4.69, 9.17) is 0 Å². The van der Waals surface area contributed by atoms with Gasteiger partial charge in [-0.15, -0.1) is 0 Å². The minimum atomic E-state index is -2.85. The Morgan fingerprint density at radius 1 is 1.40 bits per heavy atom. The Balaban J connectivity index is 3.46. The number of nitrogens with one attached hydrogen (secondary N) is 1. The van der Waals surface area contributed by atoms with Gasteiger partial charge in [0.05, 0.1) is 0 Å². The first-order valence-corrected chi connectivity index (χ1v) is 5.97. The van der Waals surface area contributed by atoms with Gasteiger partial charge in [-0.1, -0.05) is 20.8 Å². The Morgan fingerprint density at radius 2 is 1.90 bits per heavy atom. The van der Waals surface area contributed by atoms with E-state index in [1.165, 1.54) is 0 Å². The summed E-state index contributed by atoms with van der Waals surface area (Å²) in [7, 11) is -2.85. The number of rotatable bonds is 4. The van der Waals surface area contributed by atoms with E-state index in [0.29, 0.717) is 18.3 Å². The number of hydrogen-bond acceptors (Lipinski definition) is 3. The highest BCUT2D eigenvalue weighted by Crippen LogP contribution is 1.97. The van der Waals surface area contributed by atoms with Gasteiger partial charge in [0.2, 0.25) is 0 Å². The Labute approximate surface area is 63.3 Å². The van der Waals surface area contributed by atoms with Gasteiger partial charge < -0.3 is 14.9 Å². The maximum absolute atomic E-state index is 9.20. The molecule has 0 aromatic heterocycles. The molecule has 0 spiro atoms. The molecule has 10 heavy (non-hydrogen) atoms. The number of hydrogen-bond donors (Lipinski definition) is 3. The minimum Gasteiger partial charge on any atom is -0.410 e. The lowest BCUT2D eigenvalue weighted by Crippen LogP contribution is -2.47. The topological polar surface area (TPSA) is 52.5 Å². The zero-order valence-electron chi connectivity index (χ0n) is 6.89. The van der Waals surface area contributed by atoms with Crippen molar-refractivity contribution in [1.29, 1.82) is 0 Å². The fourth-order valence-corrected chi connectivity index (χ4v) is 1.48. The van der Waals surface area contributed by atoms with Gasteiger partial charge in [-0.25, -0.2) is 0 Å². The van der Waals surface area contributed by atoms with E-state index in [0.717, 1.165) is 0 Å². The van der Waals surface area contributed by atoms with Crippen LogP contribution in [0, 0.1) is 0 Å². The van der Waals surface area contributed by atoms with Crippen LogP contribution in [-0.4, -0.2) is 30.4 Å². The van der Waals surface area contributed by atoms with Gasteiger partial charge in [0.1, 0.15) is 0 Å². The third-order valence-electron chi connectivity index (χ3n) is 1.36. The lowest BCUT2D eigenvalue weighted by Gasteiger charge is -2.17. The first-order chi connectivity index (χ1) is 4.48. The van der Waals surface area contributed by atoms with Gasteiger partial charge in [-0.2, -0.15) is 0 Å². The van der Waals surface area contributed by atoms with E-state index < -0.39 is 8.56 Å². The molecule has 0 bridgehead atoms. The van der Waals surface area contributed by atoms with Crippen LogP contribution in [0.15, 0.2) is 0 Å². The van der Waals surface area contributed by atoms with E-state index in [2.05, 4.69) is 5.32 Å². The van der Waals surface area contributed by atoms with Crippen LogP contribution in [0.5, 0.6) is 0 Å². The van der Waals surface area contributed by atoms with Crippen LogP contribution in [0.1, 0.15) is 20.8 Å². The Bertz CT molecular complexity index is 95.7. The fourth-order valence-electron chi connectivity index (χ4n) is 0.493. The molecule has 3 N–H and O–H groups in total. The molecule has 3 nitrogen and oxygen atoms in total. The molecule has 0 fully saturated rings. The van der Waals surface area contributed by atoms with Crippen molar-refractivity contribution in [3.63, 3.8) is 0 Å². The van der Waals surface area contributed by atoms with Crippen LogP contribution >= 0.6 is 0 Å². The Hall–Kier alpha value is 0.0969. The summed E-state index contributed by atoms with van der Waals surface area (Å²) in [6.07, 6.45) is 0.376. The largest absolute Gasteiger partial charge is 0.410 e. The monoisotopic (exact) mass is 163 g/mol. The van der Waals surface area contributed by atoms with Crippen molar-refractivity contribution >= 4 is 8.56 Å². The average Bonchev–Trinajstić information content (AvgIpc) is 1.85. The molecule has 4 heteroatoms. The van der Waals surface area contributed by atoms with Crippen molar-refractivity contribution in [3.05, 3.63) is 0 Å². The van der Waals surface area contributed by atoms with E-state index in [1.54, 1.807) is 6.92 Å². The van der Waals surface area contributed by atoms with Gasteiger partial charge in [0, 0.05) is 12.2 Å². The van der Waals surface area contributed by atoms with Gasteiger partial charge in [-0.3, -0.25) is 0 Å². The summed E-state index contributed by atoms with van der Waals surface area (Å²) >= 11 is 0. The zero-order valence-corrected chi connectivity index (χ0v) is 7.89. The molecule has 0 aliphatic carbocycles. The molecule has 0 aliphatic rings. The standard InChI is InChI=1S/C6H17NO2Si/c1-4-10(8,9)5-7-6(2)3/h6-9H,4-5H2,1-3H3. The first-order valence-electron chi connectivity index (χ1n) is 3.66. The van der Waals surface area contributed by atoms with Crippen LogP contribution in [0.2, 0.25) is 6.04 Å². The SMILES string of the molecule is CC[Si](O)(O)CNC(C)C. The second-order valence-corrected chi connectivity index (χ2v) is 5.90. The van der Waals surface area contributed by atoms with Crippen molar-refractivity contribution < 1.29 is 9.59 Å². The summed E-state index contributed by atoms with van der Waals surface area (Å²) in [5.74, 6) is 0. The van der Waals surface area contributed by atoms with Gasteiger partial charge >= 0.3 is 8.56 Å². The molecule has 0 unspecified atom stereocenters. The maximum atomic E-state index is 9.20. The molecule has 0 aromatic rings. The summed E-state index contributed by atoms with van der Waals surface area (Å²) in [4.78, 5) is 18.4. The van der Waals surface area contributed by atoms with Gasteiger partial charge in [0.25, 0.3) is 0 Å². The van der Waals surface area contributed by atoms with Gasteiger partial charge in [-0.05, 0) is 6.04 Å². The predicted molar refractivity (Wildman–Crippen MR) is 43.8 cm³/mol. The average molecular weight is 163 g/mol. The van der Waals surface area contributed by atoms with Crippen LogP contribution in [0.25, 0.3) is 0 Å². The van der Waals surface area contributed by atoms with E-state index in [-0.39, 0.29) is 0 Å². The predicted octanol–water partition coefficient (Wildman–Crippen LogP) is -0.0297. The minimum absolute atomic E-state index is 0.331. The molecule has 0 amide bonds. The van der Waals surface area contributed by atoms with E-state index >= 15 is 0 Å². The normalized spacial score (nSPS) is 12.6. The molecule has 0 aliphatic heterocycles. The van der Waals surface area contributed by atoms with Crippen molar-refractivity contribution in [2.45, 2.75) is 32.9 Å². The van der Waals surface area contributed by atoms with E-state index in [1.807, 2.05) is 13.8 Å². The molecular formula is C6H17NO2Si. The highest BCUT2D eigenvalue weighted by molar-refractivity contribution is 6.64. The highest BCUT2D eigenvalue weighted by atomic mass is 28.4. The smallest absolute Gasteiger partial charge is 0.346 e. The summed E-state index contributed by atoms with van der Waals surface area (Å²) in [6, 6.07) is 0.824. The Kier molecular flexibility index (Phi) is 4.11. The van der Waals surface area contributed by atoms with E-state index in [9.17, 15) is 9.59 Å². The highest BCUT2D eigenvalue weighted by Gasteiger charge is 2.25. The third-order valence-corrected chi connectivity index (χ3v) is 3.26. The third kappa shape index (κ3) is 4.93. The van der Waals surface area contributed by atoms with Crippen LogP contribution in [0.3, 0.4) is 0 Å². The van der Waals surface area contributed by atoms with Crippen molar-refractivity contribution in [3.8, 4) is 0 Å². The summed E-state index contributed by atoms with van der Waals surface area (Å²) < 4.78 is 0. The maximum Gasteiger partial charge on any atom is 0.346 e. The van der Waals surface area contributed by atoms with Crippen LogP contribution < -0.4 is 5.32 Å². The van der Waals surface area contributed by atoms with Crippen LogP contribution in [0.4, 0.5) is 0 Å². The lowest BCUT2D eigenvalue weighted by molar-refractivity contribution is 0.351. The Morgan fingerprint density at radius 3 is 2.20 bits per heavy atom. The van der Waals surface area contributed by atoms with Crippen molar-refractivity contribution in [2.75, 3.05) is 6.17 Å². The quantitative estimate of drug-likeness (QED) is 0.510. The first kappa shape index (κ1) is 10.1. The second-order valence-electron chi connectivity index (χ2n) is 2.87. The molecule has 0 rings (SSSR count). The summed E-state index contributed by atoms with van der Waals surface area (Å²) in [6.45, 7) is 5.77. The molecular weight excluding hydrogens is 146 g/mol. The molecule has 0 radical (unpaired) electrons. The molecule has 62 valence electrons. The van der Waals surface area contributed by atoms with Crippen molar-refractivity contribution in [2.24, 2.45) is 0 Å². The fraction of sp³-hybridized carbons (Fsp3) is 1.00. The molecule has 0 saturated heterocycles. The van der Waals surface area contributed by atoms with Crippen molar-refractivity contribution in [1.82, 2.24) is 5.32 Å². The molecule has 0 heterocycles. The van der Waals surface area contributed by atoms with Crippen LogP contribution in [-0.2, 0) is 0 Å². The summed E-state index contributed by atoms with van der Waals surface area (Å²) in [5.41, 5.74) is 0. The molecule has 0 saturated carbocycles. The second kappa shape index (κ2) is 4.08.